The molecule has 1 aliphatic rings. The van der Waals surface area contributed by atoms with Gasteiger partial charge in [0.1, 0.15) is 4.99 Å². The fraction of sp³-hybridized carbons (Fsp3) is 0.438. The lowest BCUT2D eigenvalue weighted by Gasteiger charge is -2.32. The van der Waals surface area contributed by atoms with Crippen LogP contribution in [0.15, 0.2) is 30.3 Å². The van der Waals surface area contributed by atoms with Crippen LogP contribution in [-0.4, -0.2) is 45.8 Å². The van der Waals surface area contributed by atoms with Crippen molar-refractivity contribution in [1.29, 1.82) is 0 Å². The number of hydrogen-bond acceptors (Lipinski definition) is 5. The second-order valence-corrected chi connectivity index (χ2v) is 7.24. The molecule has 0 aromatic heterocycles. The Bertz CT molecular complexity index is 592. The Labute approximate surface area is 158 Å². The molecule has 0 unspecified atom stereocenters. The summed E-state index contributed by atoms with van der Waals surface area (Å²) >= 11 is 12.1. The van der Waals surface area contributed by atoms with E-state index in [1.165, 1.54) is 18.4 Å². The lowest BCUT2D eigenvalue weighted by molar-refractivity contribution is -0.121. The lowest BCUT2D eigenvalue weighted by Crippen LogP contribution is -2.47. The average Bonchev–Trinajstić information content (AvgIpc) is 2.53. The molecular formula is C16H22N4OS3. The van der Waals surface area contributed by atoms with Crippen molar-refractivity contribution in [2.45, 2.75) is 19.3 Å². The van der Waals surface area contributed by atoms with Gasteiger partial charge < -0.3 is 0 Å². The molecule has 5 nitrogen and oxygen atoms in total. The highest BCUT2D eigenvalue weighted by atomic mass is 32.2. The standard InChI is InChI=1S/C16H22N4OS3/c1-19(15(22)13-9-6-10-13)17-14(21)11-24-18-20(2)16(23)12-7-4-3-5-8-12/h3-5,7-8,13,18H,6,9-11H2,1-2H3,(H,17,21). The summed E-state index contributed by atoms with van der Waals surface area (Å²) in [5.74, 6) is 0.598. The van der Waals surface area contributed by atoms with Gasteiger partial charge in [-0.05, 0) is 12.8 Å². The first-order valence-electron chi connectivity index (χ1n) is 7.76. The van der Waals surface area contributed by atoms with E-state index in [-0.39, 0.29) is 11.7 Å². The minimum atomic E-state index is -0.101. The Balaban J connectivity index is 1.68. The number of hydrazine groups is 2. The van der Waals surface area contributed by atoms with E-state index in [4.69, 9.17) is 24.4 Å². The van der Waals surface area contributed by atoms with Crippen LogP contribution in [0.2, 0.25) is 0 Å². The Kier molecular flexibility index (Phi) is 7.41. The molecule has 0 aliphatic heterocycles. The summed E-state index contributed by atoms with van der Waals surface area (Å²) in [6.07, 6.45) is 3.47. The maximum absolute atomic E-state index is 12.0. The lowest BCUT2D eigenvalue weighted by atomic mass is 9.85. The molecule has 1 saturated carbocycles. The van der Waals surface area contributed by atoms with Crippen molar-refractivity contribution in [2.24, 2.45) is 5.92 Å². The van der Waals surface area contributed by atoms with Crippen LogP contribution >= 0.6 is 36.4 Å². The van der Waals surface area contributed by atoms with Gasteiger partial charge in [0, 0.05) is 25.6 Å². The van der Waals surface area contributed by atoms with Crippen LogP contribution in [0.25, 0.3) is 0 Å². The van der Waals surface area contributed by atoms with E-state index in [0.29, 0.717) is 10.9 Å². The maximum atomic E-state index is 12.0. The molecule has 0 atom stereocenters. The van der Waals surface area contributed by atoms with Crippen molar-refractivity contribution >= 4 is 52.3 Å². The molecular weight excluding hydrogens is 360 g/mol. The number of carbonyl (C=O) groups is 1. The van der Waals surface area contributed by atoms with Crippen LogP contribution in [0.5, 0.6) is 0 Å². The van der Waals surface area contributed by atoms with Gasteiger partial charge >= 0.3 is 0 Å². The van der Waals surface area contributed by atoms with Crippen LogP contribution in [0.3, 0.4) is 0 Å². The van der Waals surface area contributed by atoms with Crippen molar-refractivity contribution < 1.29 is 4.79 Å². The summed E-state index contributed by atoms with van der Waals surface area (Å²) in [6, 6.07) is 9.74. The Hall–Kier alpha value is -1.22. The molecule has 8 heteroatoms. The quantitative estimate of drug-likeness (QED) is 0.445. The van der Waals surface area contributed by atoms with Crippen molar-refractivity contribution in [3.05, 3.63) is 35.9 Å². The van der Waals surface area contributed by atoms with Crippen LogP contribution in [0.4, 0.5) is 0 Å². The molecule has 0 bridgehead atoms. The summed E-state index contributed by atoms with van der Waals surface area (Å²) in [5.41, 5.74) is 3.76. The van der Waals surface area contributed by atoms with E-state index in [2.05, 4.69) is 10.3 Å². The van der Waals surface area contributed by atoms with E-state index in [1.807, 2.05) is 37.4 Å². The van der Waals surface area contributed by atoms with E-state index >= 15 is 0 Å². The highest BCUT2D eigenvalue weighted by Crippen LogP contribution is 2.28. The summed E-state index contributed by atoms with van der Waals surface area (Å²) in [5, 5.41) is 3.39. The summed E-state index contributed by atoms with van der Waals surface area (Å²) in [6.45, 7) is 0. The fourth-order valence-electron chi connectivity index (χ4n) is 2.21. The van der Waals surface area contributed by atoms with Crippen LogP contribution in [-0.2, 0) is 4.79 Å². The van der Waals surface area contributed by atoms with Gasteiger partial charge in [-0.15, -0.1) is 0 Å². The summed E-state index contributed by atoms with van der Waals surface area (Å²) in [7, 11) is 3.63. The molecule has 130 valence electrons. The average molecular weight is 383 g/mol. The van der Waals surface area contributed by atoms with Gasteiger partial charge in [0.15, 0.2) is 0 Å². The van der Waals surface area contributed by atoms with E-state index in [1.54, 1.807) is 17.1 Å². The molecule has 1 aromatic carbocycles. The van der Waals surface area contributed by atoms with Crippen LogP contribution < -0.4 is 10.3 Å². The fourth-order valence-corrected chi connectivity index (χ4v) is 3.28. The van der Waals surface area contributed by atoms with Crippen molar-refractivity contribution in [3.63, 3.8) is 0 Å². The van der Waals surface area contributed by atoms with Crippen molar-refractivity contribution in [1.82, 2.24) is 20.3 Å². The number of hydrogen-bond donors (Lipinski definition) is 2. The van der Waals surface area contributed by atoms with Gasteiger partial charge in [0.25, 0.3) is 0 Å². The maximum Gasteiger partial charge on any atom is 0.249 e. The zero-order valence-corrected chi connectivity index (χ0v) is 16.3. The Morgan fingerprint density at radius 2 is 1.88 bits per heavy atom. The van der Waals surface area contributed by atoms with Gasteiger partial charge in [-0.3, -0.25) is 20.2 Å². The zero-order valence-electron chi connectivity index (χ0n) is 13.8. The van der Waals surface area contributed by atoms with Gasteiger partial charge in [0.2, 0.25) is 5.91 Å². The first-order chi connectivity index (χ1) is 11.5. The molecule has 0 saturated heterocycles. The minimum Gasteiger partial charge on any atom is -0.291 e. The number of amides is 1. The minimum absolute atomic E-state index is 0.101. The number of rotatable bonds is 6. The van der Waals surface area contributed by atoms with Crippen LogP contribution in [0, 0.1) is 5.92 Å². The van der Waals surface area contributed by atoms with Crippen LogP contribution in [0.1, 0.15) is 24.8 Å². The molecule has 1 fully saturated rings. The number of benzene rings is 1. The second-order valence-electron chi connectivity index (χ2n) is 5.67. The second kappa shape index (κ2) is 9.31. The number of nitrogens with zero attached hydrogens (tertiary/aromatic N) is 2. The molecule has 1 aliphatic carbocycles. The van der Waals surface area contributed by atoms with E-state index < -0.39 is 0 Å². The third-order valence-electron chi connectivity index (χ3n) is 3.81. The third kappa shape index (κ3) is 5.41. The first kappa shape index (κ1) is 19.1. The molecule has 2 N–H and O–H groups in total. The summed E-state index contributed by atoms with van der Waals surface area (Å²) in [4.78, 5) is 16.5. The predicted octanol–water partition coefficient (Wildman–Crippen LogP) is 2.54. The van der Waals surface area contributed by atoms with Gasteiger partial charge in [-0.25, -0.2) is 0 Å². The summed E-state index contributed by atoms with van der Waals surface area (Å²) < 4.78 is 0. The SMILES string of the molecule is CN(NSCC(=O)NN(C)C(=S)C1CCC1)C(=S)c1ccccc1. The zero-order chi connectivity index (χ0) is 17.5. The third-order valence-corrected chi connectivity index (χ3v) is 5.73. The van der Waals surface area contributed by atoms with Crippen molar-refractivity contribution in [3.8, 4) is 0 Å². The molecule has 1 amide bonds. The smallest absolute Gasteiger partial charge is 0.249 e. The normalized spacial score (nSPS) is 13.8. The molecule has 1 aromatic rings. The number of nitrogens with one attached hydrogen (secondary N) is 2. The highest BCUT2D eigenvalue weighted by molar-refractivity contribution is 7.98. The highest BCUT2D eigenvalue weighted by Gasteiger charge is 2.25. The van der Waals surface area contributed by atoms with Gasteiger partial charge in [-0.1, -0.05) is 73.1 Å². The predicted molar refractivity (Wildman–Crippen MR) is 107 cm³/mol. The van der Waals surface area contributed by atoms with Gasteiger partial charge in [-0.2, -0.15) is 4.83 Å². The molecule has 0 spiro atoms. The topological polar surface area (TPSA) is 47.6 Å². The number of carbonyl (C=O) groups excluding carboxylic acids is 1. The first-order valence-corrected chi connectivity index (χ1v) is 9.57. The Morgan fingerprint density at radius 1 is 1.21 bits per heavy atom. The van der Waals surface area contributed by atoms with E-state index in [0.717, 1.165) is 23.4 Å². The Morgan fingerprint density at radius 3 is 2.46 bits per heavy atom. The van der Waals surface area contributed by atoms with Crippen molar-refractivity contribution in [2.75, 3.05) is 19.8 Å². The molecule has 0 radical (unpaired) electrons. The molecule has 2 rings (SSSR count). The van der Waals surface area contributed by atoms with E-state index in [9.17, 15) is 4.79 Å². The monoisotopic (exact) mass is 382 g/mol. The van der Waals surface area contributed by atoms with Gasteiger partial charge in [0.05, 0.1) is 10.7 Å². The largest absolute Gasteiger partial charge is 0.291 e. The molecule has 0 heterocycles. The molecule has 24 heavy (non-hydrogen) atoms. The number of thiocarbonyl (C=S) groups is 2.